The molecule has 3 rings (SSSR count). The lowest BCUT2D eigenvalue weighted by atomic mass is 10.0. The minimum Gasteiger partial charge on any atom is -0.497 e. The Labute approximate surface area is 130 Å². The first-order valence-corrected chi connectivity index (χ1v) is 6.57. The highest BCUT2D eigenvalue weighted by Gasteiger charge is 2.23. The van der Waals surface area contributed by atoms with Crippen LogP contribution in [0.3, 0.4) is 0 Å². The van der Waals surface area contributed by atoms with Crippen LogP contribution in [0.5, 0.6) is 0 Å². The van der Waals surface area contributed by atoms with Gasteiger partial charge in [0.15, 0.2) is 0 Å². The van der Waals surface area contributed by atoms with Crippen LogP contribution >= 0.6 is 0 Å². The number of fused-ring (bicyclic) bond motifs is 1. The van der Waals surface area contributed by atoms with Crippen molar-refractivity contribution in [3.63, 3.8) is 0 Å². The molecule has 0 saturated carbocycles. The van der Waals surface area contributed by atoms with E-state index in [0.29, 0.717) is 5.52 Å². The molecule has 7 heteroatoms. The molecule has 7 nitrogen and oxygen atoms in total. The van der Waals surface area contributed by atoms with Crippen LogP contribution < -0.4 is 5.56 Å². The first kappa shape index (κ1) is 16.0. The highest BCUT2D eigenvalue weighted by atomic mass is 16.5. The number of H-pyrrole nitrogens is 1. The second-order valence-corrected chi connectivity index (χ2v) is 4.45. The fourth-order valence-electron chi connectivity index (χ4n) is 2.02. The molecule has 1 aliphatic rings. The average molecular weight is 315 g/mol. The van der Waals surface area contributed by atoms with E-state index in [1.165, 1.54) is 12.1 Å². The van der Waals surface area contributed by atoms with Crippen LogP contribution in [0, 0.1) is 0 Å². The van der Waals surface area contributed by atoms with Gasteiger partial charge in [-0.15, -0.1) is 0 Å². The quantitative estimate of drug-likeness (QED) is 0.780. The summed E-state index contributed by atoms with van der Waals surface area (Å²) in [5, 5.41) is 18.1. The maximum atomic E-state index is 11.5. The zero-order valence-electron chi connectivity index (χ0n) is 11.9. The second-order valence-electron chi connectivity index (χ2n) is 4.45. The molecule has 0 aliphatic carbocycles. The highest BCUT2D eigenvalue weighted by Crippen LogP contribution is 2.18. The van der Waals surface area contributed by atoms with Crippen LogP contribution in [0.4, 0.5) is 0 Å². The van der Waals surface area contributed by atoms with E-state index in [9.17, 15) is 14.4 Å². The van der Waals surface area contributed by atoms with Gasteiger partial charge in [0.05, 0.1) is 11.8 Å². The van der Waals surface area contributed by atoms with Crippen LogP contribution in [0.25, 0.3) is 10.9 Å². The number of allylic oxidation sites excluding steroid dienone is 2. The van der Waals surface area contributed by atoms with E-state index in [1.54, 1.807) is 18.4 Å². The molecule has 0 fully saturated rings. The summed E-state index contributed by atoms with van der Waals surface area (Å²) in [4.78, 5) is 35.8. The SMILES string of the molecule is C1=CCOC=C1.O=C(O)c1c(C(=O)O)c2ccccc2[nH]c1=O. The van der Waals surface area contributed by atoms with Crippen molar-refractivity contribution in [2.24, 2.45) is 0 Å². The van der Waals surface area contributed by atoms with Crippen LogP contribution in [-0.4, -0.2) is 33.7 Å². The Hall–Kier alpha value is -3.35. The number of para-hydroxylation sites is 1. The van der Waals surface area contributed by atoms with Gasteiger partial charge in [0.1, 0.15) is 12.2 Å². The van der Waals surface area contributed by atoms with Gasteiger partial charge >= 0.3 is 11.9 Å². The second kappa shape index (κ2) is 7.08. The molecule has 0 atom stereocenters. The summed E-state index contributed by atoms with van der Waals surface area (Å²) < 4.78 is 4.80. The molecule has 1 aliphatic heterocycles. The zero-order valence-corrected chi connectivity index (χ0v) is 11.9. The maximum Gasteiger partial charge on any atom is 0.342 e. The number of aromatic amines is 1. The maximum absolute atomic E-state index is 11.5. The lowest BCUT2D eigenvalue weighted by Gasteiger charge is -2.05. The Morgan fingerprint density at radius 1 is 1.04 bits per heavy atom. The van der Waals surface area contributed by atoms with E-state index < -0.39 is 28.6 Å². The van der Waals surface area contributed by atoms with Crippen molar-refractivity contribution in [1.29, 1.82) is 0 Å². The molecule has 1 aromatic heterocycles. The predicted octanol–water partition coefficient (Wildman–Crippen LogP) is 2.01. The molecular formula is C16H13NO6. The fraction of sp³-hybridized carbons (Fsp3) is 0.0625. The third-order valence-corrected chi connectivity index (χ3v) is 2.96. The molecule has 0 radical (unpaired) electrons. The standard InChI is InChI=1S/C11H7NO5.C5H6O/c13-9-8(11(16)17)7(10(14)15)5-3-1-2-4-6(5)12-9;1-2-4-6-5-3-1/h1-4H,(H,12,13)(H,14,15)(H,16,17);1-4H,5H2. The summed E-state index contributed by atoms with van der Waals surface area (Å²) in [5.74, 6) is -3.00. The molecule has 2 heterocycles. The number of aromatic nitrogens is 1. The molecule has 2 aromatic rings. The van der Waals surface area contributed by atoms with Gasteiger partial charge in [0.2, 0.25) is 0 Å². The number of benzene rings is 1. The molecule has 3 N–H and O–H groups in total. The lowest BCUT2D eigenvalue weighted by molar-refractivity contribution is 0.0651. The smallest absolute Gasteiger partial charge is 0.342 e. The largest absolute Gasteiger partial charge is 0.497 e. The zero-order chi connectivity index (χ0) is 16.8. The predicted molar refractivity (Wildman–Crippen MR) is 82.7 cm³/mol. The number of aromatic carboxylic acids is 2. The first-order valence-electron chi connectivity index (χ1n) is 6.57. The van der Waals surface area contributed by atoms with E-state index in [1.807, 2.05) is 18.2 Å². The Bertz CT molecular complexity index is 850. The average Bonchev–Trinajstić information content (AvgIpc) is 2.55. The van der Waals surface area contributed by atoms with Gasteiger partial charge in [-0.05, 0) is 18.2 Å². The number of hydrogen-bond donors (Lipinski definition) is 3. The Balaban J connectivity index is 0.000000268. The van der Waals surface area contributed by atoms with Gasteiger partial charge < -0.3 is 19.9 Å². The van der Waals surface area contributed by atoms with Crippen molar-refractivity contribution in [3.8, 4) is 0 Å². The third-order valence-electron chi connectivity index (χ3n) is 2.96. The summed E-state index contributed by atoms with van der Waals surface area (Å²) in [7, 11) is 0. The number of nitrogens with one attached hydrogen (secondary N) is 1. The normalized spacial score (nSPS) is 12.2. The summed E-state index contributed by atoms with van der Waals surface area (Å²) in [5.41, 5.74) is -1.87. The Morgan fingerprint density at radius 3 is 2.22 bits per heavy atom. The van der Waals surface area contributed by atoms with Gasteiger partial charge in [-0.25, -0.2) is 9.59 Å². The van der Waals surface area contributed by atoms with Crippen molar-refractivity contribution in [1.82, 2.24) is 4.98 Å². The monoisotopic (exact) mass is 315 g/mol. The molecule has 0 saturated heterocycles. The van der Waals surface area contributed by atoms with Crippen LogP contribution in [0.1, 0.15) is 20.7 Å². The lowest BCUT2D eigenvalue weighted by Crippen LogP contribution is -2.23. The van der Waals surface area contributed by atoms with E-state index in [0.717, 1.165) is 6.61 Å². The number of hydrogen-bond acceptors (Lipinski definition) is 4. The van der Waals surface area contributed by atoms with Gasteiger partial charge in [0, 0.05) is 10.9 Å². The van der Waals surface area contributed by atoms with E-state index >= 15 is 0 Å². The molecule has 118 valence electrons. The molecular weight excluding hydrogens is 302 g/mol. The summed E-state index contributed by atoms with van der Waals surface area (Å²) in [6.07, 6.45) is 7.47. The topological polar surface area (TPSA) is 117 Å². The molecule has 0 spiro atoms. The molecule has 1 aromatic carbocycles. The van der Waals surface area contributed by atoms with Gasteiger partial charge in [-0.3, -0.25) is 4.79 Å². The van der Waals surface area contributed by atoms with Crippen molar-refractivity contribution in [2.75, 3.05) is 6.61 Å². The number of carboxylic acids is 2. The number of pyridine rings is 1. The van der Waals surface area contributed by atoms with E-state index in [4.69, 9.17) is 14.9 Å². The van der Waals surface area contributed by atoms with Crippen LogP contribution in [0.15, 0.2) is 53.6 Å². The Kier molecular flexibility index (Phi) is 4.93. The molecule has 0 unspecified atom stereocenters. The van der Waals surface area contributed by atoms with Gasteiger partial charge in [0.25, 0.3) is 5.56 Å². The molecule has 23 heavy (non-hydrogen) atoms. The first-order chi connectivity index (χ1) is 11.0. The van der Waals surface area contributed by atoms with Crippen LogP contribution in [0.2, 0.25) is 0 Å². The number of carbonyl (C=O) groups is 2. The summed E-state index contributed by atoms with van der Waals surface area (Å²) >= 11 is 0. The van der Waals surface area contributed by atoms with Crippen molar-refractivity contribution >= 4 is 22.8 Å². The van der Waals surface area contributed by atoms with Crippen molar-refractivity contribution < 1.29 is 24.5 Å². The van der Waals surface area contributed by atoms with Gasteiger partial charge in [-0.2, -0.15) is 0 Å². The third kappa shape index (κ3) is 3.65. The van der Waals surface area contributed by atoms with Crippen molar-refractivity contribution in [2.45, 2.75) is 0 Å². The number of carboxylic acid groups (broad SMARTS) is 2. The highest BCUT2D eigenvalue weighted by molar-refractivity contribution is 6.10. The number of rotatable bonds is 2. The summed E-state index contributed by atoms with van der Waals surface area (Å²) in [6.45, 7) is 0.733. The summed E-state index contributed by atoms with van der Waals surface area (Å²) in [6, 6.07) is 6.14. The minimum atomic E-state index is -1.56. The van der Waals surface area contributed by atoms with E-state index in [-0.39, 0.29) is 5.39 Å². The molecule has 0 amide bonds. The molecule has 0 bridgehead atoms. The minimum absolute atomic E-state index is 0.192. The number of ether oxygens (including phenoxy) is 1. The van der Waals surface area contributed by atoms with Crippen molar-refractivity contribution in [3.05, 3.63) is 70.2 Å². The Morgan fingerprint density at radius 2 is 1.74 bits per heavy atom. The van der Waals surface area contributed by atoms with Gasteiger partial charge in [-0.1, -0.05) is 24.3 Å². The van der Waals surface area contributed by atoms with E-state index in [2.05, 4.69) is 4.98 Å². The van der Waals surface area contributed by atoms with Crippen LogP contribution in [-0.2, 0) is 4.74 Å². The fourth-order valence-corrected chi connectivity index (χ4v) is 2.02.